The van der Waals surface area contributed by atoms with E-state index >= 15 is 0 Å². The van der Waals surface area contributed by atoms with Crippen LogP contribution < -0.4 is 10.6 Å². The molecule has 1 aliphatic heterocycles. The lowest BCUT2D eigenvalue weighted by Gasteiger charge is -2.27. The first-order chi connectivity index (χ1) is 10.3. The summed E-state index contributed by atoms with van der Waals surface area (Å²) in [7, 11) is 1.54. The van der Waals surface area contributed by atoms with Crippen LogP contribution in [-0.2, 0) is 14.3 Å². The van der Waals surface area contributed by atoms with E-state index in [1.165, 1.54) is 12.0 Å². The van der Waals surface area contributed by atoms with Gasteiger partial charge in [0.25, 0.3) is 5.91 Å². The zero-order valence-corrected chi connectivity index (χ0v) is 13.0. The number of methoxy groups -OCH3 is 1. The van der Waals surface area contributed by atoms with Crippen molar-refractivity contribution in [2.45, 2.75) is 19.4 Å². The first kappa shape index (κ1) is 17.5. The number of rotatable bonds is 8. The van der Waals surface area contributed by atoms with Crippen LogP contribution in [0.5, 0.6) is 0 Å². The number of ether oxygens (including phenoxy) is 1. The van der Waals surface area contributed by atoms with Gasteiger partial charge >= 0.3 is 6.03 Å². The molecule has 1 fully saturated rings. The topological polar surface area (TPSA) is 87.7 Å². The predicted molar refractivity (Wildman–Crippen MR) is 81.8 cm³/mol. The van der Waals surface area contributed by atoms with Crippen molar-refractivity contribution in [3.05, 3.63) is 36.1 Å². The van der Waals surface area contributed by atoms with Crippen LogP contribution in [0.1, 0.15) is 13.8 Å². The molecule has 7 nitrogen and oxygen atoms in total. The Labute approximate surface area is 129 Å². The summed E-state index contributed by atoms with van der Waals surface area (Å²) in [5.41, 5.74) is -0.509. The van der Waals surface area contributed by atoms with E-state index < -0.39 is 17.5 Å². The van der Waals surface area contributed by atoms with Gasteiger partial charge in [-0.3, -0.25) is 14.9 Å². The van der Waals surface area contributed by atoms with Gasteiger partial charge in [0.15, 0.2) is 0 Å². The van der Waals surface area contributed by atoms with E-state index in [1.807, 2.05) is 13.0 Å². The number of nitrogens with zero attached hydrogens (tertiary/aromatic N) is 1. The average Bonchev–Trinajstić information content (AvgIpc) is 2.70. The van der Waals surface area contributed by atoms with Crippen LogP contribution in [0, 0.1) is 0 Å². The molecule has 1 rings (SSSR count). The number of carbonyl (C=O) groups is 3. The molecule has 0 radical (unpaired) electrons. The molecule has 1 aliphatic rings. The van der Waals surface area contributed by atoms with Gasteiger partial charge in [-0.1, -0.05) is 12.7 Å². The molecule has 1 heterocycles. The summed E-state index contributed by atoms with van der Waals surface area (Å²) < 4.78 is 5.15. The Hall–Kier alpha value is -2.57. The Morgan fingerprint density at radius 1 is 1.45 bits per heavy atom. The maximum atomic E-state index is 11.8. The fraction of sp³-hybridized carbons (Fsp3) is 0.400. The SMILES string of the molecule is C=C(/C=C(\C=C/C)OC)CN(C=O)CC1(C)NC(=O)NC1=O. The number of urea groups is 1. The van der Waals surface area contributed by atoms with Crippen LogP contribution in [-0.4, -0.2) is 49.0 Å². The molecule has 1 unspecified atom stereocenters. The minimum Gasteiger partial charge on any atom is -0.497 e. The van der Waals surface area contributed by atoms with Crippen LogP contribution >= 0.6 is 0 Å². The molecule has 0 aliphatic carbocycles. The van der Waals surface area contributed by atoms with Crippen molar-refractivity contribution >= 4 is 18.3 Å². The van der Waals surface area contributed by atoms with Gasteiger partial charge in [-0.2, -0.15) is 0 Å². The number of allylic oxidation sites excluding steroid dienone is 2. The molecule has 22 heavy (non-hydrogen) atoms. The minimum atomic E-state index is -1.14. The highest BCUT2D eigenvalue weighted by Crippen LogP contribution is 2.13. The first-order valence-corrected chi connectivity index (χ1v) is 6.73. The third-order valence-corrected chi connectivity index (χ3v) is 3.11. The van der Waals surface area contributed by atoms with E-state index in [-0.39, 0.29) is 13.1 Å². The Balaban J connectivity index is 2.73. The van der Waals surface area contributed by atoms with Crippen LogP contribution in [0.2, 0.25) is 0 Å². The summed E-state index contributed by atoms with van der Waals surface area (Å²) in [6.45, 7) is 7.54. The largest absolute Gasteiger partial charge is 0.497 e. The molecule has 0 aromatic heterocycles. The van der Waals surface area contributed by atoms with Crippen molar-refractivity contribution < 1.29 is 19.1 Å². The Morgan fingerprint density at radius 2 is 2.14 bits per heavy atom. The van der Waals surface area contributed by atoms with Crippen molar-refractivity contribution in [2.24, 2.45) is 0 Å². The molecule has 0 saturated carbocycles. The maximum Gasteiger partial charge on any atom is 0.322 e. The molecule has 0 bridgehead atoms. The molecule has 0 spiro atoms. The number of nitrogens with one attached hydrogen (secondary N) is 2. The molecular formula is C15H21N3O4. The van der Waals surface area contributed by atoms with Crippen LogP contribution in [0.15, 0.2) is 36.1 Å². The predicted octanol–water partition coefficient (Wildman–Crippen LogP) is 0.706. The van der Waals surface area contributed by atoms with Gasteiger partial charge in [0, 0.05) is 6.54 Å². The Morgan fingerprint density at radius 3 is 2.59 bits per heavy atom. The second-order valence-corrected chi connectivity index (χ2v) is 5.16. The number of hydrogen-bond acceptors (Lipinski definition) is 4. The van der Waals surface area contributed by atoms with E-state index in [4.69, 9.17) is 4.74 Å². The van der Waals surface area contributed by atoms with Crippen molar-refractivity contribution in [1.29, 1.82) is 0 Å². The highest BCUT2D eigenvalue weighted by Gasteiger charge is 2.43. The Kier molecular flexibility index (Phi) is 5.91. The monoisotopic (exact) mass is 307 g/mol. The fourth-order valence-corrected chi connectivity index (χ4v) is 2.07. The zero-order chi connectivity index (χ0) is 16.8. The van der Waals surface area contributed by atoms with Gasteiger partial charge in [-0.25, -0.2) is 4.79 Å². The number of carbonyl (C=O) groups excluding carboxylic acids is 3. The molecule has 120 valence electrons. The summed E-state index contributed by atoms with van der Waals surface area (Å²) in [5, 5.41) is 4.66. The zero-order valence-electron chi connectivity index (χ0n) is 13.0. The number of hydrogen-bond donors (Lipinski definition) is 2. The van der Waals surface area contributed by atoms with E-state index in [9.17, 15) is 14.4 Å². The third-order valence-electron chi connectivity index (χ3n) is 3.11. The van der Waals surface area contributed by atoms with Crippen LogP contribution in [0.25, 0.3) is 0 Å². The first-order valence-electron chi connectivity index (χ1n) is 6.73. The van der Waals surface area contributed by atoms with E-state index in [0.717, 1.165) is 0 Å². The molecule has 1 atom stereocenters. The van der Waals surface area contributed by atoms with Crippen LogP contribution in [0.3, 0.4) is 0 Å². The summed E-state index contributed by atoms with van der Waals surface area (Å²) >= 11 is 0. The normalized spacial score (nSPS) is 21.5. The molecule has 0 aromatic carbocycles. The van der Waals surface area contributed by atoms with E-state index in [1.54, 1.807) is 19.1 Å². The van der Waals surface area contributed by atoms with E-state index in [2.05, 4.69) is 17.2 Å². The highest BCUT2D eigenvalue weighted by atomic mass is 16.5. The maximum absolute atomic E-state index is 11.8. The van der Waals surface area contributed by atoms with Gasteiger partial charge in [0.2, 0.25) is 6.41 Å². The number of amides is 4. The average molecular weight is 307 g/mol. The minimum absolute atomic E-state index is 0.0485. The molecule has 0 aromatic rings. The molecule has 1 saturated heterocycles. The quantitative estimate of drug-likeness (QED) is 0.299. The van der Waals surface area contributed by atoms with Crippen molar-refractivity contribution in [3.63, 3.8) is 0 Å². The summed E-state index contributed by atoms with van der Waals surface area (Å²) in [4.78, 5) is 35.6. The molecule has 4 amide bonds. The molecule has 2 N–H and O–H groups in total. The molecular weight excluding hydrogens is 286 g/mol. The number of imide groups is 1. The highest BCUT2D eigenvalue weighted by molar-refractivity contribution is 6.07. The van der Waals surface area contributed by atoms with Gasteiger partial charge in [0.05, 0.1) is 13.7 Å². The van der Waals surface area contributed by atoms with Crippen LogP contribution in [0.4, 0.5) is 4.79 Å². The van der Waals surface area contributed by atoms with Gasteiger partial charge in [-0.05, 0) is 31.6 Å². The fourth-order valence-electron chi connectivity index (χ4n) is 2.07. The van der Waals surface area contributed by atoms with Gasteiger partial charge in [-0.15, -0.1) is 0 Å². The van der Waals surface area contributed by atoms with Crippen molar-refractivity contribution in [1.82, 2.24) is 15.5 Å². The summed E-state index contributed by atoms with van der Waals surface area (Å²) in [6, 6.07) is -0.563. The summed E-state index contributed by atoms with van der Waals surface area (Å²) in [6.07, 6.45) is 5.90. The van der Waals surface area contributed by atoms with Crippen molar-refractivity contribution in [2.75, 3.05) is 20.2 Å². The standard InChI is InChI=1S/C15H21N3O4/c1-5-6-12(22-4)7-11(2)8-18(10-19)9-15(3)13(20)16-14(21)17-15/h5-7,10H,2,8-9H2,1,3-4H3,(H2,16,17,20,21)/b6-5-,12-7+. The van der Waals surface area contributed by atoms with Gasteiger partial charge in [0.1, 0.15) is 11.3 Å². The lowest BCUT2D eigenvalue weighted by atomic mass is 10.0. The van der Waals surface area contributed by atoms with E-state index in [0.29, 0.717) is 17.7 Å². The lowest BCUT2D eigenvalue weighted by Crippen LogP contribution is -2.52. The summed E-state index contributed by atoms with van der Waals surface area (Å²) in [5.74, 6) is 0.147. The smallest absolute Gasteiger partial charge is 0.322 e. The second-order valence-electron chi connectivity index (χ2n) is 5.16. The Bertz CT molecular complexity index is 539. The third kappa shape index (κ3) is 4.47. The lowest BCUT2D eigenvalue weighted by molar-refractivity contribution is -0.125. The van der Waals surface area contributed by atoms with Gasteiger partial charge < -0.3 is 15.0 Å². The second kappa shape index (κ2) is 7.44. The van der Waals surface area contributed by atoms with Crippen molar-refractivity contribution in [3.8, 4) is 0 Å². The molecule has 7 heteroatoms.